The summed E-state index contributed by atoms with van der Waals surface area (Å²) in [7, 11) is 0. The third-order valence-corrected chi connectivity index (χ3v) is 5.42. The molecule has 0 spiro atoms. The van der Waals surface area contributed by atoms with Crippen molar-refractivity contribution in [1.29, 1.82) is 0 Å². The van der Waals surface area contributed by atoms with Gasteiger partial charge in [0.05, 0.1) is 28.7 Å². The number of hydrogen-bond acceptors (Lipinski definition) is 4. The molecule has 0 saturated heterocycles. The molecule has 0 bridgehead atoms. The standard InChI is InChI=1S/C23H23N3O3/c1-22(29)13-23(14-22,26-21(27)28)17-9-7-16(8-10-17)20-19(11-18(24)12-25-20)15-5-3-2-4-6-15/h2-12,26,29H,13-14,24H2,1H3,(H,27,28)/t22-,23-. The van der Waals surface area contributed by atoms with Crippen molar-refractivity contribution in [2.45, 2.75) is 30.9 Å². The second-order valence-electron chi connectivity index (χ2n) is 7.97. The summed E-state index contributed by atoms with van der Waals surface area (Å²) in [6.07, 6.45) is 1.20. The number of pyridine rings is 1. The largest absolute Gasteiger partial charge is 0.465 e. The minimum Gasteiger partial charge on any atom is -0.465 e. The predicted octanol–water partition coefficient (Wildman–Crippen LogP) is 4.01. The highest BCUT2D eigenvalue weighted by molar-refractivity contribution is 5.82. The Morgan fingerprint density at radius 2 is 1.72 bits per heavy atom. The lowest BCUT2D eigenvalue weighted by atomic mass is 9.62. The minimum atomic E-state index is -1.10. The SMILES string of the molecule is C[C@]1(O)C[C@@](NC(=O)O)(c2ccc(-c3ncc(N)cc3-c3ccccc3)cc2)C1. The summed E-state index contributed by atoms with van der Waals surface area (Å²) >= 11 is 0. The van der Waals surface area contributed by atoms with Crippen molar-refractivity contribution in [3.05, 3.63) is 72.4 Å². The van der Waals surface area contributed by atoms with E-state index in [1.807, 2.05) is 60.7 Å². The minimum absolute atomic E-state index is 0.334. The van der Waals surface area contributed by atoms with Gasteiger partial charge in [0.15, 0.2) is 0 Å². The Bertz CT molecular complexity index is 1040. The Balaban J connectivity index is 1.71. The highest BCUT2D eigenvalue weighted by Crippen LogP contribution is 2.48. The Kier molecular flexibility index (Phi) is 4.51. The molecule has 1 aliphatic rings. The van der Waals surface area contributed by atoms with E-state index in [9.17, 15) is 15.0 Å². The van der Waals surface area contributed by atoms with Crippen LogP contribution >= 0.6 is 0 Å². The molecular formula is C23H23N3O3. The van der Waals surface area contributed by atoms with Crippen molar-refractivity contribution < 1.29 is 15.0 Å². The molecule has 3 aromatic rings. The molecule has 4 rings (SSSR count). The van der Waals surface area contributed by atoms with E-state index in [0.717, 1.165) is 27.9 Å². The summed E-state index contributed by atoms with van der Waals surface area (Å²) < 4.78 is 0. The number of carbonyl (C=O) groups is 1. The zero-order valence-corrected chi connectivity index (χ0v) is 16.1. The predicted molar refractivity (Wildman–Crippen MR) is 112 cm³/mol. The van der Waals surface area contributed by atoms with Crippen LogP contribution in [-0.4, -0.2) is 26.9 Å². The maximum atomic E-state index is 11.3. The second-order valence-corrected chi connectivity index (χ2v) is 7.97. The van der Waals surface area contributed by atoms with E-state index in [1.54, 1.807) is 13.1 Å². The van der Waals surface area contributed by atoms with E-state index in [4.69, 9.17) is 5.73 Å². The molecule has 0 unspecified atom stereocenters. The molecule has 6 nitrogen and oxygen atoms in total. The molecule has 6 heteroatoms. The third-order valence-electron chi connectivity index (χ3n) is 5.42. The molecule has 2 aromatic carbocycles. The first-order chi connectivity index (χ1) is 13.8. The van der Waals surface area contributed by atoms with Crippen molar-refractivity contribution in [2.24, 2.45) is 0 Å². The number of aromatic nitrogens is 1. The zero-order chi connectivity index (χ0) is 20.6. The fourth-order valence-electron chi connectivity index (χ4n) is 4.31. The molecule has 1 heterocycles. The monoisotopic (exact) mass is 389 g/mol. The normalized spacial score (nSPS) is 23.2. The van der Waals surface area contributed by atoms with Gasteiger partial charge in [-0.05, 0) is 24.1 Å². The fraction of sp³-hybridized carbons (Fsp3) is 0.217. The molecule has 0 aliphatic heterocycles. The number of anilines is 1. The topological polar surface area (TPSA) is 108 Å². The van der Waals surface area contributed by atoms with E-state index < -0.39 is 17.2 Å². The van der Waals surface area contributed by atoms with Crippen LogP contribution in [0.25, 0.3) is 22.4 Å². The van der Waals surface area contributed by atoms with Crippen LogP contribution in [0, 0.1) is 0 Å². The molecular weight excluding hydrogens is 366 g/mol. The smallest absolute Gasteiger partial charge is 0.405 e. The van der Waals surface area contributed by atoms with Crippen molar-refractivity contribution in [2.75, 3.05) is 5.73 Å². The first-order valence-corrected chi connectivity index (χ1v) is 9.43. The van der Waals surface area contributed by atoms with Crippen LogP contribution < -0.4 is 11.1 Å². The van der Waals surface area contributed by atoms with Crippen LogP contribution in [0.4, 0.5) is 10.5 Å². The van der Waals surface area contributed by atoms with Gasteiger partial charge in [0.2, 0.25) is 0 Å². The number of aliphatic hydroxyl groups is 1. The summed E-state index contributed by atoms with van der Waals surface area (Å²) in [6.45, 7) is 1.72. The number of amides is 1. The number of nitrogens with two attached hydrogens (primary N) is 1. The molecule has 1 fully saturated rings. The van der Waals surface area contributed by atoms with Crippen LogP contribution in [0.15, 0.2) is 66.9 Å². The molecule has 29 heavy (non-hydrogen) atoms. The molecule has 1 saturated carbocycles. The van der Waals surface area contributed by atoms with E-state index in [-0.39, 0.29) is 0 Å². The van der Waals surface area contributed by atoms with Crippen molar-refractivity contribution in [3.63, 3.8) is 0 Å². The van der Waals surface area contributed by atoms with Gasteiger partial charge in [0.1, 0.15) is 0 Å². The van der Waals surface area contributed by atoms with Crippen LogP contribution in [0.1, 0.15) is 25.3 Å². The Labute approximate surface area is 169 Å². The molecule has 0 atom stereocenters. The average molecular weight is 389 g/mol. The fourth-order valence-corrected chi connectivity index (χ4v) is 4.31. The second kappa shape index (κ2) is 6.90. The number of benzene rings is 2. The highest BCUT2D eigenvalue weighted by atomic mass is 16.4. The van der Waals surface area contributed by atoms with Gasteiger partial charge in [-0.2, -0.15) is 0 Å². The number of nitrogens with one attached hydrogen (secondary N) is 1. The molecule has 1 aromatic heterocycles. The summed E-state index contributed by atoms with van der Waals surface area (Å²) in [6, 6.07) is 19.5. The summed E-state index contributed by atoms with van der Waals surface area (Å²) in [5.41, 5.74) is 9.40. The van der Waals surface area contributed by atoms with E-state index in [2.05, 4.69) is 10.3 Å². The van der Waals surface area contributed by atoms with Crippen LogP contribution in [0.2, 0.25) is 0 Å². The van der Waals surface area contributed by atoms with Gasteiger partial charge >= 0.3 is 6.09 Å². The van der Waals surface area contributed by atoms with Crippen LogP contribution in [0.3, 0.4) is 0 Å². The quantitative estimate of drug-likeness (QED) is 0.539. The Hall–Kier alpha value is -3.38. The maximum absolute atomic E-state index is 11.3. The van der Waals surface area contributed by atoms with Gasteiger partial charge in [-0.25, -0.2) is 4.79 Å². The molecule has 5 N–H and O–H groups in total. The summed E-state index contributed by atoms with van der Waals surface area (Å²) in [4.78, 5) is 15.8. The Morgan fingerprint density at radius 3 is 2.31 bits per heavy atom. The number of nitrogen functional groups attached to an aromatic ring is 1. The Morgan fingerprint density at radius 1 is 1.07 bits per heavy atom. The number of nitrogens with zero attached hydrogens (tertiary/aromatic N) is 1. The van der Waals surface area contributed by atoms with Gasteiger partial charge < -0.3 is 21.3 Å². The van der Waals surface area contributed by atoms with Gasteiger partial charge in [0, 0.05) is 24.0 Å². The van der Waals surface area contributed by atoms with Crippen LogP contribution in [-0.2, 0) is 5.54 Å². The van der Waals surface area contributed by atoms with Gasteiger partial charge in [-0.15, -0.1) is 0 Å². The first kappa shape index (κ1) is 19.0. The number of rotatable bonds is 4. The lowest BCUT2D eigenvalue weighted by Gasteiger charge is -2.51. The maximum Gasteiger partial charge on any atom is 0.405 e. The molecule has 1 amide bonds. The van der Waals surface area contributed by atoms with Crippen LogP contribution in [0.5, 0.6) is 0 Å². The zero-order valence-electron chi connectivity index (χ0n) is 16.1. The van der Waals surface area contributed by atoms with E-state index >= 15 is 0 Å². The van der Waals surface area contributed by atoms with Gasteiger partial charge in [0.25, 0.3) is 0 Å². The molecule has 1 aliphatic carbocycles. The molecule has 148 valence electrons. The summed E-state index contributed by atoms with van der Waals surface area (Å²) in [5.74, 6) is 0. The average Bonchev–Trinajstić information content (AvgIpc) is 2.67. The number of hydrogen-bond donors (Lipinski definition) is 4. The van der Waals surface area contributed by atoms with Crippen molar-refractivity contribution in [1.82, 2.24) is 10.3 Å². The lowest BCUT2D eigenvalue weighted by Crippen LogP contribution is -2.61. The van der Waals surface area contributed by atoms with E-state index in [0.29, 0.717) is 18.5 Å². The van der Waals surface area contributed by atoms with Gasteiger partial charge in [-0.1, -0.05) is 54.6 Å². The van der Waals surface area contributed by atoms with E-state index in [1.165, 1.54) is 0 Å². The van der Waals surface area contributed by atoms with Gasteiger partial charge in [-0.3, -0.25) is 4.98 Å². The number of carboxylic acid groups (broad SMARTS) is 1. The van der Waals surface area contributed by atoms with Crippen molar-refractivity contribution >= 4 is 11.8 Å². The first-order valence-electron chi connectivity index (χ1n) is 9.43. The lowest BCUT2D eigenvalue weighted by molar-refractivity contribution is -0.0858. The molecule has 0 radical (unpaired) electrons. The highest BCUT2D eigenvalue weighted by Gasteiger charge is 2.53. The van der Waals surface area contributed by atoms with Crippen molar-refractivity contribution in [3.8, 4) is 22.4 Å². The summed E-state index contributed by atoms with van der Waals surface area (Å²) in [5, 5.41) is 22.0. The third kappa shape index (κ3) is 3.67.